The lowest BCUT2D eigenvalue weighted by molar-refractivity contribution is -0.127. The second-order valence-corrected chi connectivity index (χ2v) is 3.83. The van der Waals surface area contributed by atoms with E-state index in [1.165, 1.54) is 18.7 Å². The minimum atomic E-state index is 0.224. The zero-order chi connectivity index (χ0) is 9.26. The van der Waals surface area contributed by atoms with Gasteiger partial charge in [0.25, 0.3) is 0 Å². The summed E-state index contributed by atoms with van der Waals surface area (Å²) >= 11 is 0. The Labute approximate surface area is 78.9 Å². The molecule has 1 saturated heterocycles. The van der Waals surface area contributed by atoms with Crippen molar-refractivity contribution in [1.82, 2.24) is 4.90 Å². The van der Waals surface area contributed by atoms with E-state index in [4.69, 9.17) is 0 Å². The van der Waals surface area contributed by atoms with Gasteiger partial charge in [0.1, 0.15) is 5.78 Å². The van der Waals surface area contributed by atoms with Crippen molar-refractivity contribution in [2.75, 3.05) is 13.6 Å². The molecule has 1 atom stereocenters. The Hall–Kier alpha value is -1.05. The molecule has 70 valence electrons. The van der Waals surface area contributed by atoms with E-state index in [0.29, 0.717) is 5.78 Å². The summed E-state index contributed by atoms with van der Waals surface area (Å²) in [7, 11) is 2.09. The molecule has 0 N–H and O–H groups in total. The number of ketones is 1. The molecule has 0 bridgehead atoms. The average molecular weight is 177 g/mol. The molecular formula is C11H15NO. The largest absolute Gasteiger partial charge is 0.377 e. The third kappa shape index (κ3) is 1.67. The molecule has 0 aromatic rings. The molecule has 1 aliphatic carbocycles. The van der Waals surface area contributed by atoms with Crippen LogP contribution in [-0.2, 0) is 4.79 Å². The smallest absolute Gasteiger partial charge is 0.139 e. The molecule has 1 aliphatic heterocycles. The van der Waals surface area contributed by atoms with Crippen LogP contribution < -0.4 is 0 Å². The second kappa shape index (κ2) is 3.36. The number of hydrogen-bond acceptors (Lipinski definition) is 2. The Bertz CT molecular complexity index is 278. The summed E-state index contributed by atoms with van der Waals surface area (Å²) in [5.41, 5.74) is 1.38. The fourth-order valence-electron chi connectivity index (χ4n) is 1.61. The quantitative estimate of drug-likeness (QED) is 0.640. The number of carbonyl (C=O) groups is 1. The molecule has 2 aliphatic rings. The van der Waals surface area contributed by atoms with Gasteiger partial charge in [0.2, 0.25) is 0 Å². The summed E-state index contributed by atoms with van der Waals surface area (Å²) in [5.74, 6) is 0.624. The Morgan fingerprint density at radius 2 is 2.31 bits per heavy atom. The maximum absolute atomic E-state index is 11.0. The Morgan fingerprint density at radius 1 is 1.46 bits per heavy atom. The third-order valence-electron chi connectivity index (χ3n) is 2.94. The standard InChI is InChI=1S/C11H15NO/c1-12-8-7-10(12)4-2-3-9-5-6-11(9)13/h2-4,9H,5-8H2,1H3/t9-/m1/s1. The lowest BCUT2D eigenvalue weighted by Gasteiger charge is -2.32. The van der Waals surface area contributed by atoms with Crippen LogP contribution in [0.3, 0.4) is 0 Å². The lowest BCUT2D eigenvalue weighted by atomic mass is 9.83. The number of carbonyl (C=O) groups excluding carboxylic acids is 1. The van der Waals surface area contributed by atoms with Gasteiger partial charge in [-0.3, -0.25) is 4.79 Å². The molecule has 2 fully saturated rings. The Morgan fingerprint density at radius 3 is 2.69 bits per heavy atom. The SMILES string of the molecule is CN1CCC1=CC=C[C@@H]1CCC1=O. The van der Waals surface area contributed by atoms with Crippen LogP contribution in [-0.4, -0.2) is 24.3 Å². The summed E-state index contributed by atoms with van der Waals surface area (Å²) < 4.78 is 0. The molecule has 0 aromatic heterocycles. The van der Waals surface area contributed by atoms with E-state index in [1.54, 1.807) is 0 Å². The van der Waals surface area contributed by atoms with Crippen LogP contribution in [0.2, 0.25) is 0 Å². The van der Waals surface area contributed by atoms with Gasteiger partial charge in [0.05, 0.1) is 0 Å². The van der Waals surface area contributed by atoms with Crippen molar-refractivity contribution in [2.45, 2.75) is 19.3 Å². The van der Waals surface area contributed by atoms with Crippen molar-refractivity contribution in [3.05, 3.63) is 23.9 Å². The third-order valence-corrected chi connectivity index (χ3v) is 2.94. The number of hydrogen-bond donors (Lipinski definition) is 0. The van der Waals surface area contributed by atoms with Gasteiger partial charge >= 0.3 is 0 Å². The first kappa shape index (κ1) is 8.54. The normalized spacial score (nSPS) is 30.8. The van der Waals surface area contributed by atoms with Crippen LogP contribution in [0.5, 0.6) is 0 Å². The average Bonchev–Trinajstić information content (AvgIpc) is 2.12. The van der Waals surface area contributed by atoms with Crippen molar-refractivity contribution in [2.24, 2.45) is 5.92 Å². The first-order chi connectivity index (χ1) is 6.27. The fourth-order valence-corrected chi connectivity index (χ4v) is 1.61. The number of rotatable bonds is 2. The van der Waals surface area contributed by atoms with Crippen molar-refractivity contribution < 1.29 is 4.79 Å². The first-order valence-corrected chi connectivity index (χ1v) is 4.88. The summed E-state index contributed by atoms with van der Waals surface area (Å²) in [6.07, 6.45) is 9.20. The van der Waals surface area contributed by atoms with Crippen molar-refractivity contribution in [3.63, 3.8) is 0 Å². The highest BCUT2D eigenvalue weighted by Gasteiger charge is 2.24. The molecule has 0 aromatic carbocycles. The molecular weight excluding hydrogens is 162 g/mol. The van der Waals surface area contributed by atoms with E-state index in [0.717, 1.165) is 12.8 Å². The maximum Gasteiger partial charge on any atom is 0.139 e. The molecule has 13 heavy (non-hydrogen) atoms. The van der Waals surface area contributed by atoms with E-state index in [-0.39, 0.29) is 5.92 Å². The fraction of sp³-hybridized carbons (Fsp3) is 0.545. The van der Waals surface area contributed by atoms with Gasteiger partial charge in [0.15, 0.2) is 0 Å². The minimum Gasteiger partial charge on any atom is -0.377 e. The van der Waals surface area contributed by atoms with Crippen molar-refractivity contribution in [1.29, 1.82) is 0 Å². The Balaban J connectivity index is 1.84. The molecule has 0 amide bonds. The van der Waals surface area contributed by atoms with Crippen molar-refractivity contribution in [3.8, 4) is 0 Å². The maximum atomic E-state index is 11.0. The summed E-state index contributed by atoms with van der Waals surface area (Å²) in [6, 6.07) is 0. The first-order valence-electron chi connectivity index (χ1n) is 4.88. The van der Waals surface area contributed by atoms with Gasteiger partial charge in [-0.1, -0.05) is 12.2 Å². The van der Waals surface area contributed by atoms with Crippen LogP contribution in [0.4, 0.5) is 0 Å². The van der Waals surface area contributed by atoms with Crippen LogP contribution in [0.1, 0.15) is 19.3 Å². The molecule has 2 nitrogen and oxygen atoms in total. The van der Waals surface area contributed by atoms with Gasteiger partial charge in [-0.25, -0.2) is 0 Å². The predicted molar refractivity (Wildman–Crippen MR) is 52.2 cm³/mol. The van der Waals surface area contributed by atoms with Crippen LogP contribution in [0.15, 0.2) is 23.9 Å². The molecule has 0 radical (unpaired) electrons. The summed E-state index contributed by atoms with van der Waals surface area (Å²) in [6.45, 7) is 1.17. The zero-order valence-corrected chi connectivity index (χ0v) is 7.99. The second-order valence-electron chi connectivity index (χ2n) is 3.83. The highest BCUT2D eigenvalue weighted by Crippen LogP contribution is 2.24. The predicted octanol–water partition coefficient (Wildman–Crippen LogP) is 1.74. The van der Waals surface area contributed by atoms with E-state index in [1.807, 2.05) is 12.2 Å². The lowest BCUT2D eigenvalue weighted by Crippen LogP contribution is -2.30. The van der Waals surface area contributed by atoms with Gasteiger partial charge in [-0.15, -0.1) is 0 Å². The van der Waals surface area contributed by atoms with Crippen LogP contribution >= 0.6 is 0 Å². The number of allylic oxidation sites excluding steroid dienone is 3. The van der Waals surface area contributed by atoms with E-state index in [2.05, 4.69) is 18.0 Å². The molecule has 2 heteroatoms. The molecule has 2 rings (SSSR count). The van der Waals surface area contributed by atoms with E-state index in [9.17, 15) is 4.79 Å². The Kier molecular flexibility index (Phi) is 2.21. The molecule has 0 spiro atoms. The minimum absolute atomic E-state index is 0.224. The number of nitrogens with zero attached hydrogens (tertiary/aromatic N) is 1. The zero-order valence-electron chi connectivity index (χ0n) is 7.99. The topological polar surface area (TPSA) is 20.3 Å². The van der Waals surface area contributed by atoms with Crippen LogP contribution in [0, 0.1) is 5.92 Å². The number of Topliss-reactive ketones (excluding diaryl/α,β-unsaturated/α-hetero) is 1. The summed E-state index contributed by atoms with van der Waals surface area (Å²) in [5, 5.41) is 0. The molecule has 1 saturated carbocycles. The van der Waals surface area contributed by atoms with Gasteiger partial charge in [-0.05, 0) is 12.5 Å². The monoisotopic (exact) mass is 177 g/mol. The number of likely N-dealkylation sites (tertiary alicyclic amines) is 1. The van der Waals surface area contributed by atoms with Gasteiger partial charge < -0.3 is 4.90 Å². The van der Waals surface area contributed by atoms with E-state index >= 15 is 0 Å². The van der Waals surface area contributed by atoms with Crippen LogP contribution in [0.25, 0.3) is 0 Å². The highest BCUT2D eigenvalue weighted by molar-refractivity contribution is 5.88. The molecule has 1 heterocycles. The molecule has 0 unspecified atom stereocenters. The highest BCUT2D eigenvalue weighted by atomic mass is 16.1. The van der Waals surface area contributed by atoms with E-state index < -0.39 is 0 Å². The van der Waals surface area contributed by atoms with Gasteiger partial charge in [0, 0.05) is 38.0 Å². The summed E-state index contributed by atoms with van der Waals surface area (Å²) in [4.78, 5) is 13.2. The van der Waals surface area contributed by atoms with Crippen molar-refractivity contribution >= 4 is 5.78 Å². The van der Waals surface area contributed by atoms with Gasteiger partial charge in [-0.2, -0.15) is 0 Å².